The highest BCUT2D eigenvalue weighted by molar-refractivity contribution is 7.91. The number of carbonyl (C=O) groups is 2. The van der Waals surface area contributed by atoms with Crippen molar-refractivity contribution >= 4 is 56.3 Å². The van der Waals surface area contributed by atoms with Crippen LogP contribution >= 0.6 is 34.5 Å². The van der Waals surface area contributed by atoms with Crippen molar-refractivity contribution in [2.45, 2.75) is 30.7 Å². The van der Waals surface area contributed by atoms with Crippen LogP contribution in [0.25, 0.3) is 11.1 Å². The molecule has 4 rings (SSSR count). The molecule has 0 bridgehead atoms. The number of aliphatic carboxylic acids is 1. The van der Waals surface area contributed by atoms with Crippen LogP contribution in [0, 0.1) is 0 Å². The largest absolute Gasteiger partial charge is 0.492 e. The normalized spacial score (nSPS) is 11.3. The molecule has 8 nitrogen and oxygen atoms in total. The van der Waals surface area contributed by atoms with Crippen LogP contribution in [0.15, 0.2) is 83.8 Å². The summed E-state index contributed by atoms with van der Waals surface area (Å²) in [5.41, 5.74) is 3.78. The number of nitrogens with one attached hydrogen (secondary N) is 2. The second-order valence-electron chi connectivity index (χ2n) is 9.91. The number of benzene rings is 3. The van der Waals surface area contributed by atoms with Gasteiger partial charge in [0.25, 0.3) is 5.91 Å². The quantitative estimate of drug-likeness (QED) is 0.116. The summed E-state index contributed by atoms with van der Waals surface area (Å²) in [6.07, 6.45) is 0.698. The highest BCUT2D eigenvalue weighted by atomic mass is 35.5. The molecule has 1 amide bonds. The smallest absolute Gasteiger partial charge is 0.303 e. The van der Waals surface area contributed by atoms with Crippen LogP contribution in [0.3, 0.4) is 0 Å². The number of hydrogen-bond donors (Lipinski definition) is 3. The number of carboxylic acids is 1. The number of carbonyl (C=O) groups excluding carboxylic acids is 1. The second kappa shape index (κ2) is 16.1. The fourth-order valence-electron chi connectivity index (χ4n) is 4.46. The minimum absolute atomic E-state index is 0.0290. The zero-order valence-electron chi connectivity index (χ0n) is 23.7. The zero-order valence-corrected chi connectivity index (χ0v) is 26.9. The average molecular weight is 676 g/mol. The molecule has 0 unspecified atom stereocenters. The fraction of sp³-hybridized carbons (Fsp3) is 0.250. The molecule has 0 aliphatic heterocycles. The van der Waals surface area contributed by atoms with E-state index in [9.17, 15) is 18.0 Å². The molecular formula is C32H32Cl2N2O6S2. The molecule has 0 atom stereocenters. The number of halogens is 2. The fourth-order valence-corrected chi connectivity index (χ4v) is 7.23. The van der Waals surface area contributed by atoms with Crippen molar-refractivity contribution in [3.8, 4) is 16.9 Å². The Kier molecular flexibility index (Phi) is 12.2. The van der Waals surface area contributed by atoms with E-state index in [0.29, 0.717) is 51.9 Å². The van der Waals surface area contributed by atoms with Gasteiger partial charge in [-0.3, -0.25) is 9.59 Å². The highest BCUT2D eigenvalue weighted by Gasteiger charge is 2.16. The van der Waals surface area contributed by atoms with E-state index in [4.69, 9.17) is 33.0 Å². The summed E-state index contributed by atoms with van der Waals surface area (Å²) in [7, 11) is -3.40. The summed E-state index contributed by atoms with van der Waals surface area (Å²) >= 11 is 13.1. The van der Waals surface area contributed by atoms with Gasteiger partial charge in [-0.2, -0.15) is 0 Å². The van der Waals surface area contributed by atoms with E-state index < -0.39 is 15.8 Å². The van der Waals surface area contributed by atoms with Crippen LogP contribution in [-0.4, -0.2) is 50.9 Å². The van der Waals surface area contributed by atoms with Crippen LogP contribution in [-0.2, 0) is 27.6 Å². The maximum Gasteiger partial charge on any atom is 0.303 e. The molecule has 4 aromatic rings. The lowest BCUT2D eigenvalue weighted by Gasteiger charge is -2.14. The van der Waals surface area contributed by atoms with Gasteiger partial charge in [-0.25, -0.2) is 8.42 Å². The van der Waals surface area contributed by atoms with Crippen LogP contribution in [0.4, 0.5) is 0 Å². The highest BCUT2D eigenvalue weighted by Crippen LogP contribution is 2.31. The molecule has 0 aliphatic rings. The number of ether oxygens (including phenoxy) is 1. The van der Waals surface area contributed by atoms with Crippen molar-refractivity contribution in [1.29, 1.82) is 0 Å². The SMILES string of the molecule is O=C(O)CCc1ccc(OCCNCCCS(=O)(=O)c2ccc(-c3ccccc3)cc2)cc1CNC(=O)c1cc(Cl)sc1Cl. The number of amides is 1. The van der Waals surface area contributed by atoms with Gasteiger partial charge in [0.15, 0.2) is 9.84 Å². The summed E-state index contributed by atoms with van der Waals surface area (Å²) in [4.78, 5) is 24.0. The molecule has 232 valence electrons. The summed E-state index contributed by atoms with van der Waals surface area (Å²) in [5, 5.41) is 15.1. The first kappa shape index (κ1) is 33.5. The van der Waals surface area contributed by atoms with Crippen molar-refractivity contribution < 1.29 is 27.9 Å². The average Bonchev–Trinajstić information content (AvgIpc) is 3.36. The molecule has 3 N–H and O–H groups in total. The van der Waals surface area contributed by atoms with Crippen molar-refractivity contribution in [2.75, 3.05) is 25.4 Å². The van der Waals surface area contributed by atoms with Gasteiger partial charge in [-0.15, -0.1) is 11.3 Å². The van der Waals surface area contributed by atoms with Crippen LogP contribution in [0.5, 0.6) is 5.75 Å². The third-order valence-electron chi connectivity index (χ3n) is 6.76. The van der Waals surface area contributed by atoms with Gasteiger partial charge in [0.05, 0.1) is 20.5 Å². The first-order chi connectivity index (χ1) is 21.1. The Balaban J connectivity index is 1.23. The summed E-state index contributed by atoms with van der Waals surface area (Å²) in [5.74, 6) is -0.710. The van der Waals surface area contributed by atoms with Crippen molar-refractivity contribution in [2.24, 2.45) is 0 Å². The molecule has 3 aromatic carbocycles. The van der Waals surface area contributed by atoms with E-state index in [-0.39, 0.29) is 30.2 Å². The maximum absolute atomic E-state index is 12.8. The van der Waals surface area contributed by atoms with Gasteiger partial charge in [0.2, 0.25) is 0 Å². The zero-order chi connectivity index (χ0) is 31.5. The number of carboxylic acid groups (broad SMARTS) is 1. The summed E-state index contributed by atoms with van der Waals surface area (Å²) in [6.45, 7) is 1.48. The van der Waals surface area contributed by atoms with Gasteiger partial charge in [0.1, 0.15) is 16.7 Å². The van der Waals surface area contributed by atoms with E-state index in [1.165, 1.54) is 6.07 Å². The monoisotopic (exact) mass is 674 g/mol. The standard InChI is InChI=1S/C32H32Cl2N2O6S2/c33-29-20-28(31(34)43-29)32(39)36-21-25-19-26(11-7-24(25)10-14-30(37)38)42-17-16-35-15-4-18-44(40,41)27-12-8-23(9-13-27)22-5-2-1-3-6-22/h1-3,5-9,11-13,19-20,35H,4,10,14-18,21H2,(H,36,39)(H,37,38). The minimum Gasteiger partial charge on any atom is -0.492 e. The molecule has 12 heteroatoms. The molecule has 0 saturated carbocycles. The number of rotatable bonds is 16. The van der Waals surface area contributed by atoms with Gasteiger partial charge in [0, 0.05) is 19.5 Å². The molecule has 0 spiro atoms. The Morgan fingerprint density at radius 3 is 2.30 bits per heavy atom. The van der Waals surface area contributed by atoms with E-state index in [0.717, 1.165) is 33.6 Å². The second-order valence-corrected chi connectivity index (χ2v) is 14.3. The number of thiophene rings is 1. The lowest BCUT2D eigenvalue weighted by atomic mass is 10.0. The Hall–Kier alpha value is -3.41. The molecule has 0 aliphatic carbocycles. The number of sulfone groups is 1. The number of hydrogen-bond acceptors (Lipinski definition) is 7. The van der Waals surface area contributed by atoms with Crippen molar-refractivity contribution in [3.05, 3.63) is 104 Å². The predicted molar refractivity (Wildman–Crippen MR) is 175 cm³/mol. The molecule has 44 heavy (non-hydrogen) atoms. The van der Waals surface area contributed by atoms with Gasteiger partial charge >= 0.3 is 5.97 Å². The van der Waals surface area contributed by atoms with E-state index in [2.05, 4.69) is 10.6 Å². The molecule has 0 radical (unpaired) electrons. The minimum atomic E-state index is -3.40. The summed E-state index contributed by atoms with van der Waals surface area (Å²) < 4.78 is 32.1. The summed E-state index contributed by atoms with van der Waals surface area (Å²) in [6, 6.07) is 23.6. The van der Waals surface area contributed by atoms with Crippen molar-refractivity contribution in [1.82, 2.24) is 10.6 Å². The van der Waals surface area contributed by atoms with Gasteiger partial charge in [-0.1, -0.05) is 71.7 Å². The van der Waals surface area contributed by atoms with Gasteiger partial charge < -0.3 is 20.5 Å². The van der Waals surface area contributed by atoms with E-state index in [1.54, 1.807) is 30.3 Å². The third-order valence-corrected chi connectivity index (χ3v) is 10.1. The Bertz CT molecular complexity index is 1680. The molecule has 1 heterocycles. The first-order valence-electron chi connectivity index (χ1n) is 13.9. The third kappa shape index (κ3) is 9.80. The Labute approximate surface area is 270 Å². The van der Waals surface area contributed by atoms with Crippen molar-refractivity contribution in [3.63, 3.8) is 0 Å². The van der Waals surface area contributed by atoms with Gasteiger partial charge in [-0.05, 0) is 72.0 Å². The van der Waals surface area contributed by atoms with E-state index in [1.807, 2.05) is 42.5 Å². The topological polar surface area (TPSA) is 122 Å². The van der Waals surface area contributed by atoms with Crippen LogP contribution in [0.1, 0.15) is 34.3 Å². The Morgan fingerprint density at radius 2 is 1.61 bits per heavy atom. The molecule has 0 fully saturated rings. The lowest BCUT2D eigenvalue weighted by molar-refractivity contribution is -0.136. The predicted octanol–water partition coefficient (Wildman–Crippen LogP) is 6.50. The molecular weight excluding hydrogens is 643 g/mol. The molecule has 0 saturated heterocycles. The van der Waals surface area contributed by atoms with E-state index >= 15 is 0 Å². The van der Waals surface area contributed by atoms with Crippen LogP contribution in [0.2, 0.25) is 8.67 Å². The molecule has 1 aromatic heterocycles. The first-order valence-corrected chi connectivity index (χ1v) is 17.1. The lowest BCUT2D eigenvalue weighted by Crippen LogP contribution is -2.24. The van der Waals surface area contributed by atoms with Crippen LogP contribution < -0.4 is 15.4 Å². The Morgan fingerprint density at radius 1 is 0.886 bits per heavy atom. The number of aryl methyl sites for hydroxylation is 1. The maximum atomic E-state index is 12.8.